The Kier molecular flexibility index (Phi) is 5.77. The van der Waals surface area contributed by atoms with Crippen LogP contribution in [-0.2, 0) is 4.79 Å². The maximum absolute atomic E-state index is 12.1. The van der Waals surface area contributed by atoms with Gasteiger partial charge in [-0.3, -0.25) is 14.7 Å². The quantitative estimate of drug-likeness (QED) is 0.631. The molecule has 8 heteroatoms. The van der Waals surface area contributed by atoms with Gasteiger partial charge in [-0.05, 0) is 12.8 Å². The van der Waals surface area contributed by atoms with Gasteiger partial charge in [0.15, 0.2) is 0 Å². The highest BCUT2D eigenvalue weighted by Crippen LogP contribution is 2.01. The SMILES string of the molecule is CCCNC(=O)CN(CCC)C(=O)c1nc(N)n[nH]1. The number of rotatable bonds is 7. The molecule has 0 bridgehead atoms. The highest BCUT2D eigenvalue weighted by atomic mass is 16.2. The number of nitrogens with one attached hydrogen (secondary N) is 2. The molecule has 0 fully saturated rings. The fourth-order valence-electron chi connectivity index (χ4n) is 1.54. The van der Waals surface area contributed by atoms with Crippen molar-refractivity contribution in [2.24, 2.45) is 0 Å². The maximum Gasteiger partial charge on any atom is 0.291 e. The molecule has 4 N–H and O–H groups in total. The number of carbonyl (C=O) groups is 2. The Morgan fingerprint density at radius 1 is 1.37 bits per heavy atom. The van der Waals surface area contributed by atoms with Crippen molar-refractivity contribution in [1.29, 1.82) is 0 Å². The first-order valence-electron chi connectivity index (χ1n) is 6.32. The largest absolute Gasteiger partial charge is 0.366 e. The standard InChI is InChI=1S/C11H20N6O2/c1-3-5-13-8(18)7-17(6-4-2)10(19)9-14-11(12)16-15-9/h3-7H2,1-2H3,(H,13,18)(H3,12,14,15,16). The van der Waals surface area contributed by atoms with E-state index in [1.807, 2.05) is 13.8 Å². The van der Waals surface area contributed by atoms with Crippen LogP contribution in [0.25, 0.3) is 0 Å². The van der Waals surface area contributed by atoms with Crippen LogP contribution in [0.5, 0.6) is 0 Å². The highest BCUT2D eigenvalue weighted by molar-refractivity contribution is 5.93. The molecule has 1 heterocycles. The van der Waals surface area contributed by atoms with Crippen molar-refractivity contribution >= 4 is 17.8 Å². The Hall–Kier alpha value is -2.12. The molecule has 0 aromatic carbocycles. The van der Waals surface area contributed by atoms with Crippen LogP contribution in [0, 0.1) is 0 Å². The maximum atomic E-state index is 12.1. The lowest BCUT2D eigenvalue weighted by Crippen LogP contribution is -2.41. The summed E-state index contributed by atoms with van der Waals surface area (Å²) < 4.78 is 0. The normalized spacial score (nSPS) is 10.2. The Balaban J connectivity index is 2.66. The lowest BCUT2D eigenvalue weighted by Gasteiger charge is -2.20. The summed E-state index contributed by atoms with van der Waals surface area (Å²) in [6.45, 7) is 4.97. The second-order valence-corrected chi connectivity index (χ2v) is 4.12. The molecule has 0 atom stereocenters. The van der Waals surface area contributed by atoms with E-state index in [1.54, 1.807) is 0 Å². The molecule has 8 nitrogen and oxygen atoms in total. The monoisotopic (exact) mass is 268 g/mol. The van der Waals surface area contributed by atoms with Gasteiger partial charge in [-0.15, -0.1) is 5.10 Å². The van der Waals surface area contributed by atoms with Crippen LogP contribution in [0.1, 0.15) is 37.3 Å². The van der Waals surface area contributed by atoms with Crippen LogP contribution >= 0.6 is 0 Å². The number of carbonyl (C=O) groups excluding carboxylic acids is 2. The predicted molar refractivity (Wildman–Crippen MR) is 70.3 cm³/mol. The van der Waals surface area contributed by atoms with Crippen molar-refractivity contribution < 1.29 is 9.59 Å². The van der Waals surface area contributed by atoms with E-state index in [4.69, 9.17) is 5.73 Å². The number of anilines is 1. The summed E-state index contributed by atoms with van der Waals surface area (Å²) in [5.74, 6) is -0.502. The number of amides is 2. The predicted octanol–water partition coefficient (Wildman–Crippen LogP) is -0.235. The second kappa shape index (κ2) is 7.34. The zero-order valence-electron chi connectivity index (χ0n) is 11.3. The average molecular weight is 268 g/mol. The van der Waals surface area contributed by atoms with E-state index in [9.17, 15) is 9.59 Å². The molecule has 0 aliphatic heterocycles. The van der Waals surface area contributed by atoms with Crippen molar-refractivity contribution in [2.45, 2.75) is 26.7 Å². The summed E-state index contributed by atoms with van der Waals surface area (Å²) in [5, 5.41) is 8.78. The number of nitrogen functional groups attached to an aromatic ring is 1. The second-order valence-electron chi connectivity index (χ2n) is 4.12. The van der Waals surface area contributed by atoms with E-state index in [2.05, 4.69) is 20.5 Å². The average Bonchev–Trinajstić information content (AvgIpc) is 2.81. The molecule has 0 spiro atoms. The van der Waals surface area contributed by atoms with E-state index < -0.39 is 0 Å². The lowest BCUT2D eigenvalue weighted by molar-refractivity contribution is -0.121. The lowest BCUT2D eigenvalue weighted by atomic mass is 10.3. The van der Waals surface area contributed by atoms with Gasteiger partial charge < -0.3 is 16.0 Å². The summed E-state index contributed by atoms with van der Waals surface area (Å²) in [6.07, 6.45) is 1.60. The molecular weight excluding hydrogens is 248 g/mol. The van der Waals surface area contributed by atoms with Crippen molar-refractivity contribution in [1.82, 2.24) is 25.4 Å². The van der Waals surface area contributed by atoms with Crippen LogP contribution < -0.4 is 11.1 Å². The number of hydrogen-bond acceptors (Lipinski definition) is 5. The number of H-pyrrole nitrogens is 1. The third kappa shape index (κ3) is 4.57. The van der Waals surface area contributed by atoms with Gasteiger partial charge in [0.2, 0.25) is 17.7 Å². The first-order chi connectivity index (χ1) is 9.08. The van der Waals surface area contributed by atoms with Crippen molar-refractivity contribution in [3.63, 3.8) is 0 Å². The molecule has 0 unspecified atom stereocenters. The molecule has 0 aliphatic rings. The third-order valence-corrected chi connectivity index (χ3v) is 2.39. The Bertz CT molecular complexity index is 431. The number of nitrogens with two attached hydrogens (primary N) is 1. The minimum absolute atomic E-state index is 0.00722. The molecule has 0 saturated carbocycles. The number of hydrogen-bond donors (Lipinski definition) is 3. The molecule has 0 saturated heterocycles. The van der Waals surface area contributed by atoms with Crippen LogP contribution in [0.15, 0.2) is 0 Å². The summed E-state index contributed by atoms with van der Waals surface area (Å²) in [7, 11) is 0. The first kappa shape index (κ1) is 14.9. The summed E-state index contributed by atoms with van der Waals surface area (Å²) in [4.78, 5) is 29.0. The zero-order chi connectivity index (χ0) is 14.3. The van der Waals surface area contributed by atoms with E-state index in [0.717, 1.165) is 12.8 Å². The van der Waals surface area contributed by atoms with E-state index in [1.165, 1.54) is 4.90 Å². The van der Waals surface area contributed by atoms with Gasteiger partial charge in [-0.2, -0.15) is 4.98 Å². The van der Waals surface area contributed by atoms with Gasteiger partial charge in [-0.1, -0.05) is 13.8 Å². The minimum atomic E-state index is -0.377. The fourth-order valence-corrected chi connectivity index (χ4v) is 1.54. The molecule has 1 rings (SSSR count). The smallest absolute Gasteiger partial charge is 0.291 e. The van der Waals surface area contributed by atoms with Gasteiger partial charge in [-0.25, -0.2) is 0 Å². The molecule has 19 heavy (non-hydrogen) atoms. The third-order valence-electron chi connectivity index (χ3n) is 2.39. The zero-order valence-corrected chi connectivity index (χ0v) is 11.3. The van der Waals surface area contributed by atoms with Gasteiger partial charge in [0.1, 0.15) is 0 Å². The molecular formula is C11H20N6O2. The Labute approximate surface area is 111 Å². The molecule has 0 radical (unpaired) electrons. The van der Waals surface area contributed by atoms with E-state index in [-0.39, 0.29) is 30.1 Å². The topological polar surface area (TPSA) is 117 Å². The fraction of sp³-hybridized carbons (Fsp3) is 0.636. The summed E-state index contributed by atoms with van der Waals surface area (Å²) >= 11 is 0. The van der Waals surface area contributed by atoms with Gasteiger partial charge in [0.25, 0.3) is 5.91 Å². The van der Waals surface area contributed by atoms with Crippen LogP contribution in [0.3, 0.4) is 0 Å². The molecule has 106 valence electrons. The van der Waals surface area contributed by atoms with E-state index in [0.29, 0.717) is 13.1 Å². The molecule has 1 aromatic rings. The Morgan fingerprint density at radius 2 is 2.11 bits per heavy atom. The molecule has 2 amide bonds. The van der Waals surface area contributed by atoms with Crippen molar-refractivity contribution in [3.8, 4) is 0 Å². The van der Waals surface area contributed by atoms with E-state index >= 15 is 0 Å². The summed E-state index contributed by atoms with van der Waals surface area (Å²) in [5.41, 5.74) is 5.35. The van der Waals surface area contributed by atoms with Gasteiger partial charge in [0, 0.05) is 13.1 Å². The van der Waals surface area contributed by atoms with Gasteiger partial charge >= 0.3 is 0 Å². The van der Waals surface area contributed by atoms with Crippen LogP contribution in [-0.4, -0.2) is 51.5 Å². The van der Waals surface area contributed by atoms with Crippen molar-refractivity contribution in [2.75, 3.05) is 25.4 Å². The Morgan fingerprint density at radius 3 is 2.63 bits per heavy atom. The molecule has 1 aromatic heterocycles. The van der Waals surface area contributed by atoms with Crippen LogP contribution in [0.4, 0.5) is 5.95 Å². The molecule has 0 aliphatic carbocycles. The highest BCUT2D eigenvalue weighted by Gasteiger charge is 2.20. The number of aromatic nitrogens is 3. The number of aromatic amines is 1. The van der Waals surface area contributed by atoms with Crippen LogP contribution in [0.2, 0.25) is 0 Å². The number of nitrogens with zero attached hydrogens (tertiary/aromatic N) is 3. The van der Waals surface area contributed by atoms with Crippen molar-refractivity contribution in [3.05, 3.63) is 5.82 Å². The first-order valence-corrected chi connectivity index (χ1v) is 6.32. The van der Waals surface area contributed by atoms with Gasteiger partial charge in [0.05, 0.1) is 6.54 Å². The minimum Gasteiger partial charge on any atom is -0.366 e. The summed E-state index contributed by atoms with van der Waals surface area (Å²) in [6, 6.07) is 0.